The average Bonchev–Trinajstić information content (AvgIpc) is 2.44. The summed E-state index contributed by atoms with van der Waals surface area (Å²) in [5, 5.41) is 3.31. The van der Waals surface area contributed by atoms with Crippen molar-refractivity contribution in [1.29, 1.82) is 0 Å². The SMILES string of the molecule is O=C(NCC1CCN(CC(F)(F)F)CC1)c1cccc(Cl)c1. The van der Waals surface area contributed by atoms with Gasteiger partial charge in [-0.15, -0.1) is 0 Å². The van der Waals surface area contributed by atoms with Gasteiger partial charge in [0.1, 0.15) is 0 Å². The molecule has 22 heavy (non-hydrogen) atoms. The van der Waals surface area contributed by atoms with Gasteiger partial charge in [0.25, 0.3) is 5.91 Å². The highest BCUT2D eigenvalue weighted by molar-refractivity contribution is 6.30. The van der Waals surface area contributed by atoms with Crippen LogP contribution in [-0.2, 0) is 0 Å². The molecule has 1 fully saturated rings. The van der Waals surface area contributed by atoms with E-state index in [-0.39, 0.29) is 11.8 Å². The number of alkyl halides is 3. The normalized spacial score (nSPS) is 17.5. The predicted molar refractivity (Wildman–Crippen MR) is 79.0 cm³/mol. The summed E-state index contributed by atoms with van der Waals surface area (Å²) in [6.07, 6.45) is -2.83. The van der Waals surface area contributed by atoms with Crippen LogP contribution in [0, 0.1) is 5.92 Å². The van der Waals surface area contributed by atoms with Gasteiger partial charge in [0.2, 0.25) is 0 Å². The molecule has 1 amide bonds. The molecule has 1 aliphatic heterocycles. The molecule has 0 aliphatic carbocycles. The number of rotatable bonds is 4. The number of carbonyl (C=O) groups excluding carboxylic acids is 1. The Morgan fingerprint density at radius 3 is 2.59 bits per heavy atom. The molecule has 0 saturated carbocycles. The number of hydrogen-bond acceptors (Lipinski definition) is 2. The minimum atomic E-state index is -4.15. The maximum Gasteiger partial charge on any atom is 0.401 e. The fraction of sp³-hybridized carbons (Fsp3) is 0.533. The third-order valence-electron chi connectivity index (χ3n) is 3.75. The zero-order valence-electron chi connectivity index (χ0n) is 12.0. The Kier molecular flexibility index (Phi) is 5.69. The summed E-state index contributed by atoms with van der Waals surface area (Å²) >= 11 is 5.83. The van der Waals surface area contributed by atoms with Crippen molar-refractivity contribution in [2.24, 2.45) is 5.92 Å². The largest absolute Gasteiger partial charge is 0.401 e. The number of benzene rings is 1. The van der Waals surface area contributed by atoms with Crippen LogP contribution in [0.25, 0.3) is 0 Å². The lowest BCUT2D eigenvalue weighted by Gasteiger charge is -2.32. The van der Waals surface area contributed by atoms with Crippen LogP contribution in [0.4, 0.5) is 13.2 Å². The third kappa shape index (κ3) is 5.50. The molecule has 1 aromatic rings. The zero-order valence-corrected chi connectivity index (χ0v) is 12.8. The highest BCUT2D eigenvalue weighted by Crippen LogP contribution is 2.22. The lowest BCUT2D eigenvalue weighted by Crippen LogP contribution is -2.42. The molecule has 3 nitrogen and oxygen atoms in total. The number of piperidine rings is 1. The van der Waals surface area contributed by atoms with Crippen molar-refractivity contribution in [1.82, 2.24) is 10.2 Å². The van der Waals surface area contributed by atoms with E-state index in [2.05, 4.69) is 5.32 Å². The van der Waals surface area contributed by atoms with E-state index in [0.29, 0.717) is 43.1 Å². The van der Waals surface area contributed by atoms with Crippen LogP contribution in [0.5, 0.6) is 0 Å². The average molecular weight is 335 g/mol. The van der Waals surface area contributed by atoms with Crippen LogP contribution in [0.1, 0.15) is 23.2 Å². The van der Waals surface area contributed by atoms with Gasteiger partial charge < -0.3 is 5.32 Å². The molecule has 0 bridgehead atoms. The summed E-state index contributed by atoms with van der Waals surface area (Å²) in [6, 6.07) is 6.65. The molecule has 0 radical (unpaired) electrons. The highest BCUT2D eigenvalue weighted by Gasteiger charge is 2.32. The third-order valence-corrected chi connectivity index (χ3v) is 3.98. The number of carbonyl (C=O) groups is 1. The molecular weight excluding hydrogens is 317 g/mol. The Morgan fingerprint density at radius 2 is 2.00 bits per heavy atom. The number of nitrogens with zero attached hydrogens (tertiary/aromatic N) is 1. The summed E-state index contributed by atoms with van der Waals surface area (Å²) in [4.78, 5) is 13.4. The molecule has 7 heteroatoms. The van der Waals surface area contributed by atoms with Crippen molar-refractivity contribution in [2.75, 3.05) is 26.2 Å². The van der Waals surface area contributed by atoms with Crippen molar-refractivity contribution < 1.29 is 18.0 Å². The standard InChI is InChI=1S/C15H18ClF3N2O/c16-13-3-1-2-12(8-13)14(22)20-9-11-4-6-21(7-5-11)10-15(17,18)19/h1-3,8,11H,4-7,9-10H2,(H,20,22). The van der Waals surface area contributed by atoms with Gasteiger partial charge in [-0.2, -0.15) is 13.2 Å². The summed E-state index contributed by atoms with van der Waals surface area (Å²) in [5.41, 5.74) is 0.488. The molecule has 1 N–H and O–H groups in total. The quantitative estimate of drug-likeness (QED) is 0.916. The number of likely N-dealkylation sites (tertiary alicyclic amines) is 1. The summed E-state index contributed by atoms with van der Waals surface area (Å²) in [6.45, 7) is 0.453. The van der Waals surface area contributed by atoms with Crippen LogP contribution < -0.4 is 5.32 Å². The fourth-order valence-corrected chi connectivity index (χ4v) is 2.76. The van der Waals surface area contributed by atoms with Gasteiger partial charge in [0, 0.05) is 17.1 Å². The molecule has 2 rings (SSSR count). The monoisotopic (exact) mass is 334 g/mol. The molecule has 1 aliphatic rings. The Hall–Kier alpha value is -1.27. The Bertz CT molecular complexity index is 514. The topological polar surface area (TPSA) is 32.3 Å². The summed E-state index contributed by atoms with van der Waals surface area (Å²) in [7, 11) is 0. The van der Waals surface area contributed by atoms with Crippen LogP contribution in [0.3, 0.4) is 0 Å². The minimum absolute atomic E-state index is 0.208. The van der Waals surface area contributed by atoms with Gasteiger partial charge in [-0.1, -0.05) is 17.7 Å². The predicted octanol–water partition coefficient (Wildman–Crippen LogP) is 3.34. The van der Waals surface area contributed by atoms with Gasteiger partial charge in [0.15, 0.2) is 0 Å². The molecule has 122 valence electrons. The summed E-state index contributed by atoms with van der Waals surface area (Å²) < 4.78 is 36.9. The van der Waals surface area contributed by atoms with Gasteiger partial charge in [-0.25, -0.2) is 0 Å². The minimum Gasteiger partial charge on any atom is -0.352 e. The Labute approximate surface area is 132 Å². The van der Waals surface area contributed by atoms with Crippen molar-refractivity contribution in [2.45, 2.75) is 19.0 Å². The zero-order chi connectivity index (χ0) is 16.2. The number of nitrogens with one attached hydrogen (secondary N) is 1. The van der Waals surface area contributed by atoms with Crippen LogP contribution in [-0.4, -0.2) is 43.2 Å². The Morgan fingerprint density at radius 1 is 1.32 bits per heavy atom. The lowest BCUT2D eigenvalue weighted by molar-refractivity contribution is -0.148. The van der Waals surface area contributed by atoms with Gasteiger partial charge >= 0.3 is 6.18 Å². The van der Waals surface area contributed by atoms with E-state index >= 15 is 0 Å². The van der Waals surface area contributed by atoms with Gasteiger partial charge in [0.05, 0.1) is 6.54 Å². The van der Waals surface area contributed by atoms with Crippen molar-refractivity contribution in [3.8, 4) is 0 Å². The van der Waals surface area contributed by atoms with E-state index < -0.39 is 12.7 Å². The number of hydrogen-bond donors (Lipinski definition) is 1. The van der Waals surface area contributed by atoms with Gasteiger partial charge in [-0.3, -0.25) is 9.69 Å². The van der Waals surface area contributed by atoms with Crippen LogP contribution in [0.15, 0.2) is 24.3 Å². The molecule has 1 heterocycles. The van der Waals surface area contributed by atoms with E-state index in [9.17, 15) is 18.0 Å². The molecule has 1 saturated heterocycles. The van der Waals surface area contributed by atoms with E-state index in [1.54, 1.807) is 24.3 Å². The second-order valence-electron chi connectivity index (χ2n) is 5.56. The molecule has 0 spiro atoms. The second-order valence-corrected chi connectivity index (χ2v) is 5.99. The maximum absolute atomic E-state index is 12.3. The van der Waals surface area contributed by atoms with Crippen molar-refractivity contribution in [3.05, 3.63) is 34.9 Å². The van der Waals surface area contributed by atoms with Crippen molar-refractivity contribution >= 4 is 17.5 Å². The number of amides is 1. The first-order chi connectivity index (χ1) is 10.3. The van der Waals surface area contributed by atoms with Gasteiger partial charge in [-0.05, 0) is 50.0 Å². The van der Waals surface area contributed by atoms with Crippen molar-refractivity contribution in [3.63, 3.8) is 0 Å². The fourth-order valence-electron chi connectivity index (χ4n) is 2.57. The molecular formula is C15H18ClF3N2O. The highest BCUT2D eigenvalue weighted by atomic mass is 35.5. The second kappa shape index (κ2) is 7.33. The molecule has 0 unspecified atom stereocenters. The molecule has 0 atom stereocenters. The Balaban J connectivity index is 1.74. The smallest absolute Gasteiger partial charge is 0.352 e. The van der Waals surface area contributed by atoms with Crippen LogP contribution in [0.2, 0.25) is 5.02 Å². The maximum atomic E-state index is 12.3. The van der Waals surface area contributed by atoms with E-state index in [4.69, 9.17) is 11.6 Å². The molecule has 0 aromatic heterocycles. The molecule has 1 aromatic carbocycles. The summed E-state index contributed by atoms with van der Waals surface area (Å²) in [5.74, 6) is 0.00726. The number of halogens is 4. The van der Waals surface area contributed by atoms with E-state index in [1.165, 1.54) is 4.90 Å². The first-order valence-electron chi connectivity index (χ1n) is 7.16. The lowest BCUT2D eigenvalue weighted by atomic mass is 9.96. The van der Waals surface area contributed by atoms with E-state index in [1.807, 2.05) is 0 Å². The first-order valence-corrected chi connectivity index (χ1v) is 7.54. The first kappa shape index (κ1) is 17.1. The van der Waals surface area contributed by atoms with Crippen LogP contribution >= 0.6 is 11.6 Å². The van der Waals surface area contributed by atoms with E-state index in [0.717, 1.165) is 0 Å².